The fourth-order valence-corrected chi connectivity index (χ4v) is 2.72. The van der Waals surface area contributed by atoms with Crippen LogP contribution in [0.15, 0.2) is 88.4 Å². The number of hydrogen-bond donors (Lipinski definition) is 1. The molecule has 0 radical (unpaired) electrons. The quantitative estimate of drug-likeness (QED) is 0.388. The lowest BCUT2D eigenvalue weighted by Gasteiger charge is -2.12. The number of hydrogen-bond acceptors (Lipinski definition) is 4. The molecule has 0 saturated carbocycles. The molecule has 3 aromatic carbocycles. The molecule has 0 unspecified atom stereocenters. The minimum atomic E-state index is -0.672. The number of amides is 1. The molecule has 0 spiro atoms. The Kier molecular flexibility index (Phi) is 7.41. The summed E-state index contributed by atoms with van der Waals surface area (Å²) >= 11 is 3.36. The molecule has 3 rings (SSSR count). The Morgan fingerprint density at radius 3 is 2.55 bits per heavy atom. The zero-order chi connectivity index (χ0) is 20.5. The minimum absolute atomic E-state index is 0.333. The van der Waals surface area contributed by atoms with Crippen molar-refractivity contribution in [1.82, 2.24) is 5.43 Å². The van der Waals surface area contributed by atoms with Crippen LogP contribution in [0, 0.1) is 0 Å². The van der Waals surface area contributed by atoms with Gasteiger partial charge in [0.2, 0.25) is 0 Å². The fourth-order valence-electron chi connectivity index (χ4n) is 2.46. The van der Waals surface area contributed by atoms with Crippen LogP contribution in [0.1, 0.15) is 18.1 Å². The van der Waals surface area contributed by atoms with Crippen molar-refractivity contribution >= 4 is 28.1 Å². The van der Waals surface area contributed by atoms with E-state index in [0.717, 1.165) is 21.3 Å². The van der Waals surface area contributed by atoms with Gasteiger partial charge in [0.1, 0.15) is 18.1 Å². The molecule has 29 heavy (non-hydrogen) atoms. The standard InChI is InChI=1S/C23H21BrN2O3/c1-17(29-21-12-10-20(24)11-13-21)23(27)26-25-15-19-8-5-9-22(14-19)28-16-18-6-3-2-4-7-18/h2-15,17H,16H2,1H3,(H,26,27)/b25-15-/t17-/m1/s1. The first kappa shape index (κ1) is 20.6. The molecule has 0 heterocycles. The van der Waals surface area contributed by atoms with E-state index in [1.54, 1.807) is 25.3 Å². The fraction of sp³-hybridized carbons (Fsp3) is 0.130. The van der Waals surface area contributed by atoms with E-state index in [9.17, 15) is 4.79 Å². The van der Waals surface area contributed by atoms with Gasteiger partial charge in [-0.05, 0) is 54.4 Å². The lowest BCUT2D eigenvalue weighted by atomic mass is 10.2. The summed E-state index contributed by atoms with van der Waals surface area (Å²) in [4.78, 5) is 12.1. The van der Waals surface area contributed by atoms with E-state index in [-0.39, 0.29) is 5.91 Å². The molecule has 1 atom stereocenters. The number of halogens is 1. The van der Waals surface area contributed by atoms with Crippen LogP contribution in [0.3, 0.4) is 0 Å². The number of rotatable bonds is 8. The largest absolute Gasteiger partial charge is 0.489 e. The van der Waals surface area contributed by atoms with Crippen molar-refractivity contribution < 1.29 is 14.3 Å². The summed E-state index contributed by atoms with van der Waals surface area (Å²) in [5, 5.41) is 4.01. The molecule has 3 aromatic rings. The Morgan fingerprint density at radius 2 is 1.79 bits per heavy atom. The van der Waals surface area contributed by atoms with Gasteiger partial charge in [-0.15, -0.1) is 0 Å². The summed E-state index contributed by atoms with van der Waals surface area (Å²) in [5.41, 5.74) is 4.41. The highest BCUT2D eigenvalue weighted by Crippen LogP contribution is 2.17. The van der Waals surface area contributed by atoms with Crippen LogP contribution in [-0.2, 0) is 11.4 Å². The third-order valence-corrected chi connectivity index (χ3v) is 4.52. The van der Waals surface area contributed by atoms with Crippen molar-refractivity contribution in [2.75, 3.05) is 0 Å². The van der Waals surface area contributed by atoms with Gasteiger partial charge < -0.3 is 9.47 Å². The molecule has 1 N–H and O–H groups in total. The summed E-state index contributed by atoms with van der Waals surface area (Å²) in [6, 6.07) is 24.7. The molecule has 0 bridgehead atoms. The Bertz CT molecular complexity index is 959. The van der Waals surface area contributed by atoms with Crippen molar-refractivity contribution in [3.05, 3.63) is 94.5 Å². The van der Waals surface area contributed by atoms with E-state index in [1.807, 2.05) is 66.7 Å². The van der Waals surface area contributed by atoms with Crippen molar-refractivity contribution in [1.29, 1.82) is 0 Å². The van der Waals surface area contributed by atoms with Gasteiger partial charge >= 0.3 is 0 Å². The predicted octanol–water partition coefficient (Wildman–Crippen LogP) is 4.95. The Morgan fingerprint density at radius 1 is 1.03 bits per heavy atom. The van der Waals surface area contributed by atoms with Crippen LogP contribution >= 0.6 is 15.9 Å². The summed E-state index contributed by atoms with van der Waals surface area (Å²) in [5.74, 6) is 1.01. The molecular formula is C23H21BrN2O3. The number of nitrogens with one attached hydrogen (secondary N) is 1. The topological polar surface area (TPSA) is 59.9 Å². The van der Waals surface area contributed by atoms with Crippen LogP contribution < -0.4 is 14.9 Å². The third kappa shape index (κ3) is 6.76. The number of nitrogens with zero attached hydrogens (tertiary/aromatic N) is 1. The van der Waals surface area contributed by atoms with Gasteiger partial charge in [0, 0.05) is 4.47 Å². The summed E-state index contributed by atoms with van der Waals surface area (Å²) in [6.45, 7) is 2.16. The van der Waals surface area contributed by atoms with E-state index < -0.39 is 6.10 Å². The van der Waals surface area contributed by atoms with Crippen LogP contribution in [0.4, 0.5) is 0 Å². The molecule has 0 aromatic heterocycles. The average Bonchev–Trinajstić information content (AvgIpc) is 2.75. The number of carbonyl (C=O) groups is 1. The molecule has 0 saturated heterocycles. The van der Waals surface area contributed by atoms with Gasteiger partial charge in [-0.2, -0.15) is 5.10 Å². The van der Waals surface area contributed by atoms with E-state index in [0.29, 0.717) is 12.4 Å². The average molecular weight is 453 g/mol. The molecular weight excluding hydrogens is 432 g/mol. The van der Waals surface area contributed by atoms with Crippen LogP contribution in [-0.4, -0.2) is 18.2 Å². The van der Waals surface area contributed by atoms with Gasteiger partial charge in [-0.3, -0.25) is 4.79 Å². The van der Waals surface area contributed by atoms with Gasteiger partial charge in [0.15, 0.2) is 6.10 Å². The zero-order valence-electron chi connectivity index (χ0n) is 15.9. The van der Waals surface area contributed by atoms with E-state index in [4.69, 9.17) is 9.47 Å². The molecule has 0 aliphatic carbocycles. The van der Waals surface area contributed by atoms with Gasteiger partial charge in [0.25, 0.3) is 5.91 Å². The van der Waals surface area contributed by atoms with Crippen LogP contribution in [0.5, 0.6) is 11.5 Å². The van der Waals surface area contributed by atoms with Gasteiger partial charge in [-0.1, -0.05) is 58.4 Å². The number of ether oxygens (including phenoxy) is 2. The van der Waals surface area contributed by atoms with Gasteiger partial charge in [-0.25, -0.2) is 5.43 Å². The maximum absolute atomic E-state index is 12.1. The Labute approximate surface area is 178 Å². The highest BCUT2D eigenvalue weighted by Gasteiger charge is 2.13. The maximum atomic E-state index is 12.1. The molecule has 5 nitrogen and oxygen atoms in total. The molecule has 1 amide bonds. The lowest BCUT2D eigenvalue weighted by molar-refractivity contribution is -0.127. The molecule has 0 aliphatic heterocycles. The highest BCUT2D eigenvalue weighted by molar-refractivity contribution is 9.10. The van der Waals surface area contributed by atoms with Crippen molar-refractivity contribution in [2.24, 2.45) is 5.10 Å². The van der Waals surface area contributed by atoms with Gasteiger partial charge in [0.05, 0.1) is 6.21 Å². The molecule has 0 aliphatic rings. The van der Waals surface area contributed by atoms with Crippen molar-refractivity contribution in [2.45, 2.75) is 19.6 Å². The van der Waals surface area contributed by atoms with Crippen molar-refractivity contribution in [3.63, 3.8) is 0 Å². The summed E-state index contributed by atoms with van der Waals surface area (Å²) in [6.07, 6.45) is 0.897. The molecule has 0 fully saturated rings. The monoisotopic (exact) mass is 452 g/mol. The Balaban J connectivity index is 1.50. The summed E-state index contributed by atoms with van der Waals surface area (Å²) in [7, 11) is 0. The normalized spacial score (nSPS) is 11.8. The highest BCUT2D eigenvalue weighted by atomic mass is 79.9. The second-order valence-electron chi connectivity index (χ2n) is 6.30. The SMILES string of the molecule is C[C@@H](Oc1ccc(Br)cc1)C(=O)N/N=C\c1cccc(OCc2ccccc2)c1. The molecule has 6 heteroatoms. The van der Waals surface area contributed by atoms with E-state index >= 15 is 0 Å². The maximum Gasteiger partial charge on any atom is 0.280 e. The lowest BCUT2D eigenvalue weighted by Crippen LogP contribution is -2.33. The van der Waals surface area contributed by atoms with E-state index in [1.165, 1.54) is 0 Å². The third-order valence-electron chi connectivity index (χ3n) is 3.99. The number of benzene rings is 3. The summed E-state index contributed by atoms with van der Waals surface area (Å²) < 4.78 is 12.3. The minimum Gasteiger partial charge on any atom is -0.489 e. The first-order valence-corrected chi connectivity index (χ1v) is 9.91. The predicted molar refractivity (Wildman–Crippen MR) is 117 cm³/mol. The van der Waals surface area contributed by atoms with Crippen molar-refractivity contribution in [3.8, 4) is 11.5 Å². The van der Waals surface area contributed by atoms with Crippen LogP contribution in [0.25, 0.3) is 0 Å². The second-order valence-corrected chi connectivity index (χ2v) is 7.21. The number of carbonyl (C=O) groups excluding carboxylic acids is 1. The second kappa shape index (κ2) is 10.4. The zero-order valence-corrected chi connectivity index (χ0v) is 17.5. The first-order chi connectivity index (χ1) is 14.1. The number of hydrazone groups is 1. The van der Waals surface area contributed by atoms with E-state index in [2.05, 4.69) is 26.5 Å². The molecule has 148 valence electrons. The Hall–Kier alpha value is -3.12. The first-order valence-electron chi connectivity index (χ1n) is 9.12. The smallest absolute Gasteiger partial charge is 0.280 e. The van der Waals surface area contributed by atoms with Crippen LogP contribution in [0.2, 0.25) is 0 Å².